The summed E-state index contributed by atoms with van der Waals surface area (Å²) in [6, 6.07) is 2.24. The average Bonchev–Trinajstić information content (AvgIpc) is 2.58. The van der Waals surface area contributed by atoms with Gasteiger partial charge in [0, 0.05) is 5.38 Å². The van der Waals surface area contributed by atoms with E-state index in [-0.39, 0.29) is 0 Å². The lowest BCUT2D eigenvalue weighted by molar-refractivity contribution is 0.444. The molecule has 1 fully saturated rings. The Morgan fingerprint density at radius 1 is 1.27 bits per heavy atom. The molecule has 0 aromatic carbocycles. The molecular weight excluding hydrogens is 152 g/mol. The van der Waals surface area contributed by atoms with Crippen molar-refractivity contribution >= 4 is 11.3 Å². The smallest absolute Gasteiger partial charge is 0.0480 e. The molecule has 2 rings (SSSR count). The van der Waals surface area contributed by atoms with Gasteiger partial charge in [-0.25, -0.2) is 0 Å². The SMILES string of the molecule is [c]1sccc1C1CCCCC1. The van der Waals surface area contributed by atoms with Gasteiger partial charge in [0.1, 0.15) is 0 Å². The molecule has 1 saturated carbocycles. The summed E-state index contributed by atoms with van der Waals surface area (Å²) >= 11 is 1.71. The number of rotatable bonds is 1. The lowest BCUT2D eigenvalue weighted by Gasteiger charge is -2.19. The van der Waals surface area contributed by atoms with Crippen LogP contribution in [0.5, 0.6) is 0 Å². The van der Waals surface area contributed by atoms with Gasteiger partial charge in [0.05, 0.1) is 0 Å². The zero-order valence-corrected chi connectivity index (χ0v) is 7.49. The molecule has 0 unspecified atom stereocenters. The minimum atomic E-state index is 0.843. The summed E-state index contributed by atoms with van der Waals surface area (Å²) in [5.41, 5.74) is 1.47. The molecule has 1 heterocycles. The number of hydrogen-bond donors (Lipinski definition) is 0. The molecule has 59 valence electrons. The van der Waals surface area contributed by atoms with Crippen LogP contribution in [0.25, 0.3) is 0 Å². The van der Waals surface area contributed by atoms with Gasteiger partial charge in [0.25, 0.3) is 0 Å². The molecule has 1 aromatic rings. The normalized spacial score (nSPS) is 20.4. The first-order valence-corrected chi connectivity index (χ1v) is 5.30. The van der Waals surface area contributed by atoms with Crippen LogP contribution >= 0.6 is 11.3 Å². The van der Waals surface area contributed by atoms with E-state index in [4.69, 9.17) is 0 Å². The van der Waals surface area contributed by atoms with Gasteiger partial charge in [0.15, 0.2) is 0 Å². The van der Waals surface area contributed by atoms with Crippen LogP contribution in [0.15, 0.2) is 11.4 Å². The average molecular weight is 165 g/mol. The Labute approximate surface area is 72.3 Å². The van der Waals surface area contributed by atoms with E-state index in [1.54, 1.807) is 11.3 Å². The summed E-state index contributed by atoms with van der Waals surface area (Å²) < 4.78 is 0. The third-order valence-electron chi connectivity index (χ3n) is 2.54. The van der Waals surface area contributed by atoms with Crippen molar-refractivity contribution in [3.63, 3.8) is 0 Å². The Hall–Kier alpha value is -0.300. The highest BCUT2D eigenvalue weighted by Crippen LogP contribution is 2.32. The zero-order valence-electron chi connectivity index (χ0n) is 6.68. The van der Waals surface area contributed by atoms with Gasteiger partial charge in [-0.05, 0) is 35.8 Å². The van der Waals surface area contributed by atoms with Crippen molar-refractivity contribution in [2.24, 2.45) is 0 Å². The molecule has 0 amide bonds. The van der Waals surface area contributed by atoms with E-state index in [1.807, 2.05) is 0 Å². The van der Waals surface area contributed by atoms with Crippen molar-refractivity contribution in [3.05, 3.63) is 22.4 Å². The maximum Gasteiger partial charge on any atom is 0.0480 e. The Morgan fingerprint density at radius 2 is 2.09 bits per heavy atom. The van der Waals surface area contributed by atoms with Crippen LogP contribution in [0.2, 0.25) is 0 Å². The highest BCUT2D eigenvalue weighted by atomic mass is 32.1. The summed E-state index contributed by atoms with van der Waals surface area (Å²) in [4.78, 5) is 0. The van der Waals surface area contributed by atoms with E-state index in [0.717, 1.165) is 5.92 Å². The fourth-order valence-corrected chi connectivity index (χ4v) is 2.53. The van der Waals surface area contributed by atoms with Crippen LogP contribution in [0.3, 0.4) is 0 Å². The maximum absolute atomic E-state index is 3.35. The van der Waals surface area contributed by atoms with Crippen LogP contribution in [0, 0.1) is 5.38 Å². The molecule has 0 spiro atoms. The molecule has 1 aromatic heterocycles. The van der Waals surface area contributed by atoms with Gasteiger partial charge in [-0.2, -0.15) is 0 Å². The van der Waals surface area contributed by atoms with Crippen molar-refractivity contribution in [2.45, 2.75) is 38.0 Å². The molecule has 0 aliphatic heterocycles. The molecule has 1 heteroatoms. The third-order valence-corrected chi connectivity index (χ3v) is 3.16. The van der Waals surface area contributed by atoms with E-state index < -0.39 is 0 Å². The zero-order chi connectivity index (χ0) is 7.52. The number of hydrogen-bond acceptors (Lipinski definition) is 1. The van der Waals surface area contributed by atoms with Crippen LogP contribution in [0.1, 0.15) is 43.6 Å². The lowest BCUT2D eigenvalue weighted by atomic mass is 9.85. The van der Waals surface area contributed by atoms with Gasteiger partial charge < -0.3 is 0 Å². The fourth-order valence-electron chi connectivity index (χ4n) is 1.88. The van der Waals surface area contributed by atoms with Crippen molar-refractivity contribution < 1.29 is 0 Å². The quantitative estimate of drug-likeness (QED) is 0.596. The Kier molecular flexibility index (Phi) is 2.27. The van der Waals surface area contributed by atoms with Gasteiger partial charge >= 0.3 is 0 Å². The van der Waals surface area contributed by atoms with Crippen molar-refractivity contribution in [1.29, 1.82) is 0 Å². The molecule has 0 bridgehead atoms. The van der Waals surface area contributed by atoms with Crippen LogP contribution in [-0.2, 0) is 0 Å². The molecule has 0 nitrogen and oxygen atoms in total. The standard InChI is InChI=1S/C10H13S/c1-2-4-9(5-3-1)10-6-7-11-8-10/h6-7,9H,1-5H2. The van der Waals surface area contributed by atoms with E-state index in [1.165, 1.54) is 37.7 Å². The summed E-state index contributed by atoms with van der Waals surface area (Å²) in [6.45, 7) is 0. The largest absolute Gasteiger partial charge is 0.143 e. The Morgan fingerprint density at radius 3 is 2.73 bits per heavy atom. The van der Waals surface area contributed by atoms with Gasteiger partial charge in [-0.15, -0.1) is 11.3 Å². The third kappa shape index (κ3) is 1.64. The second-order valence-electron chi connectivity index (χ2n) is 3.31. The summed E-state index contributed by atoms with van der Waals surface area (Å²) in [7, 11) is 0. The molecule has 0 N–H and O–H groups in total. The first kappa shape index (κ1) is 7.35. The molecular formula is C10H13S. The molecule has 11 heavy (non-hydrogen) atoms. The Bertz CT molecular complexity index is 195. The molecule has 1 radical (unpaired) electrons. The summed E-state index contributed by atoms with van der Waals surface area (Å²) in [6.07, 6.45) is 7.09. The van der Waals surface area contributed by atoms with Crippen LogP contribution < -0.4 is 0 Å². The summed E-state index contributed by atoms with van der Waals surface area (Å²) in [5, 5.41) is 5.49. The predicted molar refractivity (Wildman–Crippen MR) is 49.0 cm³/mol. The minimum absolute atomic E-state index is 0.843. The first-order chi connectivity index (χ1) is 5.47. The highest BCUT2D eigenvalue weighted by Gasteiger charge is 2.15. The van der Waals surface area contributed by atoms with Crippen LogP contribution in [-0.4, -0.2) is 0 Å². The fraction of sp³-hybridized carbons (Fsp3) is 0.600. The van der Waals surface area contributed by atoms with E-state index in [0.29, 0.717) is 0 Å². The summed E-state index contributed by atoms with van der Waals surface area (Å²) in [5.74, 6) is 0.843. The molecule has 0 atom stereocenters. The lowest BCUT2D eigenvalue weighted by Crippen LogP contribution is -2.02. The van der Waals surface area contributed by atoms with Crippen LogP contribution in [0.4, 0.5) is 0 Å². The van der Waals surface area contributed by atoms with E-state index >= 15 is 0 Å². The number of thiophene rings is 1. The van der Waals surface area contributed by atoms with Crippen molar-refractivity contribution in [2.75, 3.05) is 0 Å². The van der Waals surface area contributed by atoms with E-state index in [2.05, 4.69) is 16.8 Å². The monoisotopic (exact) mass is 165 g/mol. The Balaban J connectivity index is 2.04. The molecule has 1 aliphatic carbocycles. The topological polar surface area (TPSA) is 0 Å². The van der Waals surface area contributed by atoms with Gasteiger partial charge in [-0.1, -0.05) is 19.3 Å². The first-order valence-electron chi connectivity index (χ1n) is 4.42. The second-order valence-corrected chi connectivity index (χ2v) is 4.02. The van der Waals surface area contributed by atoms with Crippen molar-refractivity contribution in [3.8, 4) is 0 Å². The maximum atomic E-state index is 3.35. The highest BCUT2D eigenvalue weighted by molar-refractivity contribution is 7.07. The van der Waals surface area contributed by atoms with Gasteiger partial charge in [-0.3, -0.25) is 0 Å². The second kappa shape index (κ2) is 3.40. The molecule has 1 aliphatic rings. The van der Waals surface area contributed by atoms with E-state index in [9.17, 15) is 0 Å². The predicted octanol–water partition coefficient (Wildman–Crippen LogP) is 3.60. The minimum Gasteiger partial charge on any atom is -0.143 e. The van der Waals surface area contributed by atoms with Crippen molar-refractivity contribution in [1.82, 2.24) is 0 Å². The molecule has 0 saturated heterocycles. The van der Waals surface area contributed by atoms with Gasteiger partial charge in [0.2, 0.25) is 0 Å².